The highest BCUT2D eigenvalue weighted by Gasteiger charge is 2.29. The van der Waals surface area contributed by atoms with Gasteiger partial charge in [0.05, 0.1) is 12.8 Å². The van der Waals surface area contributed by atoms with Crippen molar-refractivity contribution < 1.29 is 4.42 Å². The fourth-order valence-electron chi connectivity index (χ4n) is 2.18. The zero-order valence-electron chi connectivity index (χ0n) is 11.9. The van der Waals surface area contributed by atoms with E-state index in [9.17, 15) is 0 Å². The zero-order valence-corrected chi connectivity index (χ0v) is 11.9. The van der Waals surface area contributed by atoms with E-state index in [4.69, 9.17) is 4.42 Å². The normalized spacial score (nSPS) is 16.4. The van der Waals surface area contributed by atoms with E-state index < -0.39 is 0 Å². The molecular weight excluding hydrogens is 224 g/mol. The second-order valence-electron chi connectivity index (χ2n) is 6.31. The van der Waals surface area contributed by atoms with Gasteiger partial charge in [0.1, 0.15) is 5.76 Å². The molecule has 0 unspecified atom stereocenters. The van der Waals surface area contributed by atoms with Gasteiger partial charge in [0.25, 0.3) is 0 Å². The number of nitrogens with one attached hydrogen (secondary N) is 1. The molecule has 2 rings (SSSR count). The molecule has 1 aliphatic carbocycles. The molecule has 3 nitrogen and oxygen atoms in total. The molecule has 0 radical (unpaired) electrons. The van der Waals surface area contributed by atoms with Crippen LogP contribution in [0, 0.1) is 0 Å². The molecule has 0 aliphatic heterocycles. The molecule has 1 aromatic rings. The Labute approximate surface area is 111 Å². The van der Waals surface area contributed by atoms with Crippen LogP contribution in [0.2, 0.25) is 0 Å². The molecule has 3 heteroatoms. The van der Waals surface area contributed by atoms with Crippen LogP contribution < -0.4 is 5.32 Å². The van der Waals surface area contributed by atoms with Crippen molar-refractivity contribution in [1.82, 2.24) is 10.2 Å². The highest BCUT2D eigenvalue weighted by atomic mass is 16.3. The van der Waals surface area contributed by atoms with Gasteiger partial charge in [0, 0.05) is 18.1 Å². The van der Waals surface area contributed by atoms with E-state index in [0.717, 1.165) is 31.4 Å². The Bertz CT molecular complexity index is 336. The van der Waals surface area contributed by atoms with E-state index in [1.807, 2.05) is 6.07 Å². The van der Waals surface area contributed by atoms with Crippen LogP contribution in [0.3, 0.4) is 0 Å². The van der Waals surface area contributed by atoms with E-state index in [1.54, 1.807) is 6.26 Å². The minimum atomic E-state index is 0.228. The Hall–Kier alpha value is -0.800. The first kappa shape index (κ1) is 13.6. The number of rotatable bonds is 7. The van der Waals surface area contributed by atoms with Crippen LogP contribution in [0.4, 0.5) is 0 Å². The van der Waals surface area contributed by atoms with E-state index in [-0.39, 0.29) is 5.54 Å². The highest BCUT2D eigenvalue weighted by Crippen LogP contribution is 2.28. The van der Waals surface area contributed by atoms with Crippen LogP contribution in [0.25, 0.3) is 0 Å². The minimum Gasteiger partial charge on any atom is -0.468 e. The number of nitrogens with zero attached hydrogens (tertiary/aromatic N) is 1. The average Bonchev–Trinajstić information content (AvgIpc) is 3.00. The highest BCUT2D eigenvalue weighted by molar-refractivity contribution is 4.99. The van der Waals surface area contributed by atoms with Gasteiger partial charge in [-0.1, -0.05) is 0 Å². The molecule has 1 fully saturated rings. The topological polar surface area (TPSA) is 28.4 Å². The van der Waals surface area contributed by atoms with Gasteiger partial charge in [0.15, 0.2) is 0 Å². The van der Waals surface area contributed by atoms with Crippen molar-refractivity contribution in [2.24, 2.45) is 0 Å². The summed E-state index contributed by atoms with van der Waals surface area (Å²) in [5.74, 6) is 1.09. The minimum absolute atomic E-state index is 0.228. The molecule has 0 aromatic carbocycles. The third-order valence-electron chi connectivity index (χ3n) is 3.28. The lowest BCUT2D eigenvalue weighted by Crippen LogP contribution is -2.38. The molecule has 0 amide bonds. The molecule has 1 heterocycles. The zero-order chi connectivity index (χ0) is 13.0. The molecule has 1 N–H and O–H groups in total. The van der Waals surface area contributed by atoms with Crippen molar-refractivity contribution >= 4 is 0 Å². The molecule has 0 saturated heterocycles. The number of hydrogen-bond acceptors (Lipinski definition) is 3. The van der Waals surface area contributed by atoms with E-state index in [2.05, 4.69) is 37.1 Å². The van der Waals surface area contributed by atoms with Crippen LogP contribution in [0.5, 0.6) is 0 Å². The number of furan rings is 1. The van der Waals surface area contributed by atoms with Gasteiger partial charge in [-0.05, 0) is 58.7 Å². The van der Waals surface area contributed by atoms with Crippen LogP contribution in [0.15, 0.2) is 22.8 Å². The summed E-state index contributed by atoms with van der Waals surface area (Å²) in [5.41, 5.74) is 0.228. The Kier molecular flexibility index (Phi) is 4.46. The largest absolute Gasteiger partial charge is 0.468 e. The third kappa shape index (κ3) is 4.83. The van der Waals surface area contributed by atoms with E-state index in [1.165, 1.54) is 19.3 Å². The molecule has 1 aliphatic rings. The molecule has 0 bridgehead atoms. The summed E-state index contributed by atoms with van der Waals surface area (Å²) in [6, 6.07) is 4.84. The maximum absolute atomic E-state index is 5.45. The second-order valence-corrected chi connectivity index (χ2v) is 6.31. The lowest BCUT2D eigenvalue weighted by molar-refractivity contribution is 0.227. The monoisotopic (exact) mass is 250 g/mol. The summed E-state index contributed by atoms with van der Waals surface area (Å²) < 4.78 is 5.45. The first-order valence-corrected chi connectivity index (χ1v) is 7.06. The summed E-state index contributed by atoms with van der Waals surface area (Å²) in [4.78, 5) is 2.56. The van der Waals surface area contributed by atoms with Crippen molar-refractivity contribution in [1.29, 1.82) is 0 Å². The lowest BCUT2D eigenvalue weighted by atomic mass is 10.1. The Morgan fingerprint density at radius 1 is 1.39 bits per heavy atom. The summed E-state index contributed by atoms with van der Waals surface area (Å²) >= 11 is 0. The fraction of sp³-hybridized carbons (Fsp3) is 0.733. The standard InChI is InChI=1S/C15H26N2O/c1-15(2,3)16-9-5-10-17(13-7-8-13)12-14-6-4-11-18-14/h4,6,11,13,16H,5,7-10,12H2,1-3H3. The van der Waals surface area contributed by atoms with Crippen molar-refractivity contribution in [3.8, 4) is 0 Å². The van der Waals surface area contributed by atoms with Crippen molar-refractivity contribution in [2.45, 2.75) is 58.2 Å². The maximum atomic E-state index is 5.45. The van der Waals surface area contributed by atoms with Crippen molar-refractivity contribution in [3.63, 3.8) is 0 Å². The van der Waals surface area contributed by atoms with Crippen molar-refractivity contribution in [2.75, 3.05) is 13.1 Å². The van der Waals surface area contributed by atoms with Gasteiger partial charge in [-0.2, -0.15) is 0 Å². The van der Waals surface area contributed by atoms with Gasteiger partial charge in [-0.3, -0.25) is 4.90 Å². The first-order valence-electron chi connectivity index (χ1n) is 7.06. The molecule has 1 aromatic heterocycles. The second kappa shape index (κ2) is 5.89. The van der Waals surface area contributed by atoms with E-state index in [0.29, 0.717) is 0 Å². The molecule has 0 spiro atoms. The smallest absolute Gasteiger partial charge is 0.117 e. The van der Waals surface area contributed by atoms with Gasteiger partial charge < -0.3 is 9.73 Å². The van der Waals surface area contributed by atoms with E-state index >= 15 is 0 Å². The Balaban J connectivity index is 1.70. The predicted molar refractivity (Wildman–Crippen MR) is 74.5 cm³/mol. The van der Waals surface area contributed by atoms with Gasteiger partial charge in [-0.25, -0.2) is 0 Å². The molecule has 18 heavy (non-hydrogen) atoms. The summed E-state index contributed by atoms with van der Waals surface area (Å²) in [6.07, 6.45) is 5.68. The lowest BCUT2D eigenvalue weighted by Gasteiger charge is -2.24. The van der Waals surface area contributed by atoms with Crippen LogP contribution in [0.1, 0.15) is 45.8 Å². The van der Waals surface area contributed by atoms with Gasteiger partial charge >= 0.3 is 0 Å². The Morgan fingerprint density at radius 3 is 2.72 bits per heavy atom. The fourth-order valence-corrected chi connectivity index (χ4v) is 2.18. The quantitative estimate of drug-likeness (QED) is 0.754. The predicted octanol–water partition coefficient (Wildman–Crippen LogP) is 3.02. The molecule has 0 atom stereocenters. The van der Waals surface area contributed by atoms with Crippen LogP contribution in [-0.2, 0) is 6.54 Å². The van der Waals surface area contributed by atoms with Crippen LogP contribution in [-0.4, -0.2) is 29.6 Å². The Morgan fingerprint density at radius 2 is 2.17 bits per heavy atom. The summed E-state index contributed by atoms with van der Waals surface area (Å²) in [5, 5.41) is 3.55. The molecule has 102 valence electrons. The molecule has 1 saturated carbocycles. The SMILES string of the molecule is CC(C)(C)NCCCN(Cc1ccco1)C1CC1. The summed E-state index contributed by atoms with van der Waals surface area (Å²) in [6.45, 7) is 9.87. The van der Waals surface area contributed by atoms with Crippen molar-refractivity contribution in [3.05, 3.63) is 24.2 Å². The number of hydrogen-bond donors (Lipinski definition) is 1. The molecular formula is C15H26N2O. The first-order chi connectivity index (χ1) is 8.54. The maximum Gasteiger partial charge on any atom is 0.117 e. The van der Waals surface area contributed by atoms with Gasteiger partial charge in [0.2, 0.25) is 0 Å². The summed E-state index contributed by atoms with van der Waals surface area (Å²) in [7, 11) is 0. The van der Waals surface area contributed by atoms with Gasteiger partial charge in [-0.15, -0.1) is 0 Å². The third-order valence-corrected chi connectivity index (χ3v) is 3.28. The average molecular weight is 250 g/mol. The van der Waals surface area contributed by atoms with Crippen LogP contribution >= 0.6 is 0 Å².